The number of carbonyl (C=O) groups excluding carboxylic acids is 1. The van der Waals surface area contributed by atoms with Crippen molar-refractivity contribution in [2.75, 3.05) is 25.4 Å². The molecule has 138 valence electrons. The van der Waals surface area contributed by atoms with Crippen LogP contribution in [0.1, 0.15) is 58.3 Å². The number of sulfonamides is 1. The third-order valence-electron chi connectivity index (χ3n) is 5.69. The second kappa shape index (κ2) is 7.30. The van der Waals surface area contributed by atoms with Crippen molar-refractivity contribution >= 4 is 15.9 Å². The molecule has 1 atom stereocenters. The Bertz CT molecular complexity index is 553. The molecule has 0 aromatic rings. The zero-order valence-electron chi connectivity index (χ0n) is 14.6. The van der Waals surface area contributed by atoms with Crippen molar-refractivity contribution < 1.29 is 17.9 Å². The summed E-state index contributed by atoms with van der Waals surface area (Å²) >= 11 is 0. The first-order valence-corrected chi connectivity index (χ1v) is 10.9. The van der Waals surface area contributed by atoms with E-state index in [0.29, 0.717) is 32.2 Å². The molecular weight excluding hydrogens is 328 g/mol. The van der Waals surface area contributed by atoms with Gasteiger partial charge in [0.2, 0.25) is 15.9 Å². The molecule has 1 amide bonds. The highest BCUT2D eigenvalue weighted by Crippen LogP contribution is 2.43. The van der Waals surface area contributed by atoms with Gasteiger partial charge in [-0.1, -0.05) is 19.8 Å². The zero-order valence-corrected chi connectivity index (χ0v) is 15.4. The van der Waals surface area contributed by atoms with E-state index in [0.717, 1.165) is 32.1 Å². The largest absolute Gasteiger partial charge is 0.378 e. The van der Waals surface area contributed by atoms with Gasteiger partial charge in [0, 0.05) is 25.0 Å². The summed E-state index contributed by atoms with van der Waals surface area (Å²) in [6.07, 6.45) is 7.85. The predicted octanol–water partition coefficient (Wildman–Crippen LogP) is 1.66. The van der Waals surface area contributed by atoms with Crippen molar-refractivity contribution in [3.8, 4) is 0 Å². The Morgan fingerprint density at radius 1 is 1.29 bits per heavy atom. The minimum Gasteiger partial charge on any atom is -0.378 e. The lowest BCUT2D eigenvalue weighted by Crippen LogP contribution is -2.57. The van der Waals surface area contributed by atoms with Crippen LogP contribution in [0, 0.1) is 5.92 Å². The second-order valence-electron chi connectivity index (χ2n) is 7.80. The summed E-state index contributed by atoms with van der Waals surface area (Å²) in [6, 6.07) is 0. The first-order valence-electron chi connectivity index (χ1n) is 9.30. The van der Waals surface area contributed by atoms with Gasteiger partial charge in [-0.25, -0.2) is 8.42 Å². The van der Waals surface area contributed by atoms with E-state index in [2.05, 4.69) is 5.32 Å². The molecule has 1 aliphatic heterocycles. The number of nitrogens with zero attached hydrogens (tertiary/aromatic N) is 1. The highest BCUT2D eigenvalue weighted by atomic mass is 32.2. The van der Waals surface area contributed by atoms with Gasteiger partial charge in [-0.05, 0) is 38.0 Å². The second-order valence-corrected chi connectivity index (χ2v) is 9.74. The minimum atomic E-state index is -3.38. The molecule has 2 aliphatic carbocycles. The highest BCUT2D eigenvalue weighted by Gasteiger charge is 2.50. The van der Waals surface area contributed by atoms with Gasteiger partial charge in [0.1, 0.15) is 0 Å². The quantitative estimate of drug-likeness (QED) is 0.783. The third kappa shape index (κ3) is 3.94. The van der Waals surface area contributed by atoms with E-state index in [4.69, 9.17) is 4.74 Å². The van der Waals surface area contributed by atoms with Crippen molar-refractivity contribution in [1.29, 1.82) is 0 Å². The summed E-state index contributed by atoms with van der Waals surface area (Å²) in [4.78, 5) is 11.9. The smallest absolute Gasteiger partial charge is 0.221 e. The van der Waals surface area contributed by atoms with Crippen molar-refractivity contribution in [3.63, 3.8) is 0 Å². The summed E-state index contributed by atoms with van der Waals surface area (Å²) in [5, 5.41) is 2.82. The van der Waals surface area contributed by atoms with E-state index in [-0.39, 0.29) is 17.6 Å². The van der Waals surface area contributed by atoms with Gasteiger partial charge in [-0.2, -0.15) is 4.31 Å². The number of ether oxygens (including phenoxy) is 1. The van der Waals surface area contributed by atoms with Gasteiger partial charge >= 0.3 is 0 Å². The van der Waals surface area contributed by atoms with E-state index in [9.17, 15) is 13.2 Å². The third-order valence-corrected chi connectivity index (χ3v) is 7.92. The number of hydrogen-bond acceptors (Lipinski definition) is 4. The molecule has 2 saturated carbocycles. The minimum absolute atomic E-state index is 0.0231. The van der Waals surface area contributed by atoms with Crippen LogP contribution in [0.2, 0.25) is 0 Å². The van der Waals surface area contributed by atoms with Gasteiger partial charge in [0.15, 0.2) is 0 Å². The summed E-state index contributed by atoms with van der Waals surface area (Å²) in [5.74, 6) is 0.0556. The average Bonchev–Trinajstić information content (AvgIpc) is 2.91. The molecule has 1 N–H and O–H groups in total. The molecule has 0 aromatic heterocycles. The van der Waals surface area contributed by atoms with Crippen molar-refractivity contribution in [2.24, 2.45) is 5.92 Å². The number of amides is 1. The average molecular weight is 359 g/mol. The molecular formula is C17H30N2O4S. The molecule has 0 radical (unpaired) electrons. The lowest BCUT2D eigenvalue weighted by molar-refractivity contribution is -0.123. The molecule has 6 nitrogen and oxygen atoms in total. The van der Waals surface area contributed by atoms with Crippen molar-refractivity contribution in [1.82, 2.24) is 9.62 Å². The van der Waals surface area contributed by atoms with Crippen molar-refractivity contribution in [2.45, 2.75) is 69.9 Å². The maximum Gasteiger partial charge on any atom is 0.221 e. The van der Waals surface area contributed by atoms with Crippen LogP contribution in [0.3, 0.4) is 0 Å². The lowest BCUT2D eigenvalue weighted by Gasteiger charge is -2.48. The molecule has 1 unspecified atom stereocenters. The van der Waals surface area contributed by atoms with Crippen LogP contribution in [0.25, 0.3) is 0 Å². The predicted molar refractivity (Wildman–Crippen MR) is 92.1 cm³/mol. The normalized spacial score (nSPS) is 26.8. The maximum absolute atomic E-state index is 13.0. The highest BCUT2D eigenvalue weighted by molar-refractivity contribution is 7.89. The van der Waals surface area contributed by atoms with Crippen LogP contribution in [0.4, 0.5) is 0 Å². The maximum atomic E-state index is 13.0. The Morgan fingerprint density at radius 2 is 2.00 bits per heavy atom. The fraction of sp³-hybridized carbons (Fsp3) is 0.941. The van der Waals surface area contributed by atoms with Crippen LogP contribution < -0.4 is 5.32 Å². The number of carbonyl (C=O) groups is 1. The summed E-state index contributed by atoms with van der Waals surface area (Å²) in [6.45, 7) is 3.25. The van der Waals surface area contributed by atoms with Crippen LogP contribution in [-0.4, -0.2) is 55.7 Å². The molecule has 3 fully saturated rings. The van der Waals surface area contributed by atoms with E-state index >= 15 is 0 Å². The molecule has 7 heteroatoms. The fourth-order valence-electron chi connectivity index (χ4n) is 4.28. The SMILES string of the molecule is CC(COC1CCCC1)CS(=O)(=O)N1CCNC(=O)CC12CCC2. The summed E-state index contributed by atoms with van der Waals surface area (Å²) in [7, 11) is -3.38. The summed E-state index contributed by atoms with van der Waals surface area (Å²) < 4.78 is 33.5. The molecule has 24 heavy (non-hydrogen) atoms. The fourth-order valence-corrected chi connectivity index (χ4v) is 6.48. The molecule has 1 saturated heterocycles. The number of nitrogens with one attached hydrogen (secondary N) is 1. The number of hydrogen-bond donors (Lipinski definition) is 1. The van der Waals surface area contributed by atoms with Gasteiger partial charge in [-0.3, -0.25) is 4.79 Å². The zero-order chi connectivity index (χ0) is 17.2. The standard InChI is InChI=1S/C17H30N2O4S/c1-14(12-23-15-5-2-3-6-15)13-24(21,22)19-10-9-18-16(20)11-17(19)7-4-8-17/h14-15H,2-13H2,1H3,(H,18,20). The topological polar surface area (TPSA) is 75.7 Å². The first-order chi connectivity index (χ1) is 11.4. The molecule has 3 rings (SSSR count). The Labute approximate surface area is 145 Å². The van der Waals surface area contributed by atoms with Crippen LogP contribution >= 0.6 is 0 Å². The molecule has 3 aliphatic rings. The Hall–Kier alpha value is -0.660. The lowest BCUT2D eigenvalue weighted by atomic mass is 9.74. The summed E-state index contributed by atoms with van der Waals surface area (Å²) in [5.41, 5.74) is -0.467. The van der Waals surface area contributed by atoms with E-state index in [1.54, 1.807) is 4.31 Å². The first kappa shape index (κ1) is 18.1. The number of rotatable bonds is 6. The van der Waals surface area contributed by atoms with Crippen LogP contribution in [0.15, 0.2) is 0 Å². The molecule has 0 bridgehead atoms. The Kier molecular flexibility index (Phi) is 5.52. The molecule has 0 aromatic carbocycles. The van der Waals surface area contributed by atoms with Crippen LogP contribution in [0.5, 0.6) is 0 Å². The van der Waals surface area contributed by atoms with Gasteiger partial charge in [-0.15, -0.1) is 0 Å². The van der Waals surface area contributed by atoms with E-state index < -0.39 is 15.6 Å². The van der Waals surface area contributed by atoms with E-state index in [1.807, 2.05) is 6.92 Å². The molecule has 1 spiro atoms. The monoisotopic (exact) mass is 358 g/mol. The van der Waals surface area contributed by atoms with Crippen molar-refractivity contribution in [3.05, 3.63) is 0 Å². The molecule has 1 heterocycles. The Balaban J connectivity index is 1.61. The van der Waals surface area contributed by atoms with Crippen LogP contribution in [-0.2, 0) is 19.6 Å². The Morgan fingerprint density at radius 3 is 2.62 bits per heavy atom. The van der Waals surface area contributed by atoms with Gasteiger partial charge < -0.3 is 10.1 Å². The van der Waals surface area contributed by atoms with Gasteiger partial charge in [0.05, 0.1) is 18.5 Å². The van der Waals surface area contributed by atoms with Gasteiger partial charge in [0.25, 0.3) is 0 Å². The van der Waals surface area contributed by atoms with E-state index in [1.165, 1.54) is 12.8 Å².